The molecule has 3 heterocycles. The van der Waals surface area contributed by atoms with Gasteiger partial charge in [-0.05, 0) is 41.4 Å². The van der Waals surface area contributed by atoms with Gasteiger partial charge in [-0.15, -0.1) is 5.10 Å². The maximum absolute atomic E-state index is 4.35. The van der Waals surface area contributed by atoms with Crippen molar-refractivity contribution in [1.82, 2.24) is 20.0 Å². The Bertz CT molecular complexity index is 536. The molecule has 94 valence electrons. The van der Waals surface area contributed by atoms with E-state index in [0.29, 0.717) is 6.04 Å². The van der Waals surface area contributed by atoms with Crippen molar-refractivity contribution in [2.45, 2.75) is 19.4 Å². The minimum atomic E-state index is 0.416. The monoisotopic (exact) mass is 307 g/mol. The minimum absolute atomic E-state index is 0.416. The van der Waals surface area contributed by atoms with E-state index in [9.17, 15) is 0 Å². The average molecular weight is 308 g/mol. The third kappa shape index (κ3) is 2.25. The fraction of sp³-hybridized carbons (Fsp3) is 0.417. The Hall–Kier alpha value is -1.43. The molecule has 18 heavy (non-hydrogen) atoms. The second-order valence-corrected chi connectivity index (χ2v) is 5.48. The lowest BCUT2D eigenvalue weighted by molar-refractivity contribution is 0.494. The van der Waals surface area contributed by atoms with Crippen molar-refractivity contribution in [3.05, 3.63) is 34.7 Å². The first kappa shape index (κ1) is 11.6. The Morgan fingerprint density at radius 3 is 2.89 bits per heavy atom. The molecule has 1 saturated heterocycles. The highest BCUT2D eigenvalue weighted by Crippen LogP contribution is 2.25. The van der Waals surface area contributed by atoms with Crippen molar-refractivity contribution in [2.75, 3.05) is 18.0 Å². The summed E-state index contributed by atoms with van der Waals surface area (Å²) in [5.74, 6) is 0.953. The molecule has 1 atom stereocenters. The van der Waals surface area contributed by atoms with Crippen LogP contribution in [0.2, 0.25) is 0 Å². The molecule has 0 amide bonds. The van der Waals surface area contributed by atoms with E-state index < -0.39 is 0 Å². The summed E-state index contributed by atoms with van der Waals surface area (Å²) in [6, 6.07) is 4.45. The quantitative estimate of drug-likeness (QED) is 0.853. The number of rotatable bonds is 2. The molecule has 0 saturated carbocycles. The molecule has 1 fully saturated rings. The van der Waals surface area contributed by atoms with Gasteiger partial charge in [0, 0.05) is 19.3 Å². The summed E-state index contributed by atoms with van der Waals surface area (Å²) in [7, 11) is 0. The van der Waals surface area contributed by atoms with Gasteiger partial charge in [0.25, 0.3) is 0 Å². The topological polar surface area (TPSA) is 46.8 Å². The van der Waals surface area contributed by atoms with Crippen molar-refractivity contribution in [3.63, 3.8) is 0 Å². The van der Waals surface area contributed by atoms with Crippen LogP contribution in [0.25, 0.3) is 0 Å². The molecule has 6 heteroatoms. The normalized spacial score (nSPS) is 19.4. The average Bonchev–Trinajstić information content (AvgIpc) is 2.98. The number of hydrogen-bond acceptors (Lipinski definition) is 4. The maximum Gasteiger partial charge on any atom is 0.151 e. The first-order chi connectivity index (χ1) is 8.72. The molecular weight excluding hydrogens is 294 g/mol. The van der Waals surface area contributed by atoms with Gasteiger partial charge in [-0.3, -0.25) is 4.68 Å². The highest BCUT2D eigenvalue weighted by Gasteiger charge is 2.25. The van der Waals surface area contributed by atoms with Gasteiger partial charge in [-0.25, -0.2) is 0 Å². The van der Waals surface area contributed by atoms with Gasteiger partial charge in [0.15, 0.2) is 5.82 Å². The van der Waals surface area contributed by atoms with Crippen LogP contribution >= 0.6 is 15.9 Å². The van der Waals surface area contributed by atoms with Crippen molar-refractivity contribution >= 4 is 21.7 Å². The van der Waals surface area contributed by atoms with E-state index in [-0.39, 0.29) is 0 Å². The third-order valence-corrected chi connectivity index (χ3v) is 3.62. The summed E-state index contributed by atoms with van der Waals surface area (Å²) in [6.07, 6.45) is 4.94. The summed E-state index contributed by atoms with van der Waals surface area (Å²) in [6.45, 7) is 3.89. The molecule has 0 N–H and O–H groups in total. The van der Waals surface area contributed by atoms with Crippen molar-refractivity contribution in [3.8, 4) is 0 Å². The van der Waals surface area contributed by atoms with Crippen molar-refractivity contribution in [1.29, 1.82) is 0 Å². The van der Waals surface area contributed by atoms with Gasteiger partial charge < -0.3 is 4.90 Å². The van der Waals surface area contributed by atoms with Gasteiger partial charge in [0.2, 0.25) is 0 Å². The molecule has 0 spiro atoms. The molecule has 0 bridgehead atoms. The van der Waals surface area contributed by atoms with Gasteiger partial charge in [-0.2, -0.15) is 10.2 Å². The summed E-state index contributed by atoms with van der Waals surface area (Å²) in [4.78, 5) is 2.26. The van der Waals surface area contributed by atoms with Gasteiger partial charge in [0.05, 0.1) is 22.4 Å². The maximum atomic E-state index is 4.35. The largest absolute Gasteiger partial charge is 0.353 e. The molecule has 1 unspecified atom stereocenters. The molecule has 2 aromatic heterocycles. The van der Waals surface area contributed by atoms with Crippen LogP contribution < -0.4 is 4.90 Å². The molecule has 0 radical (unpaired) electrons. The number of aryl methyl sites for hydroxylation is 1. The lowest BCUT2D eigenvalue weighted by Gasteiger charge is -2.16. The van der Waals surface area contributed by atoms with E-state index in [1.165, 1.54) is 0 Å². The van der Waals surface area contributed by atoms with Crippen LogP contribution in [0.1, 0.15) is 18.2 Å². The van der Waals surface area contributed by atoms with Crippen LogP contribution in [0, 0.1) is 6.92 Å². The molecule has 0 aromatic carbocycles. The fourth-order valence-corrected chi connectivity index (χ4v) is 2.54. The Labute approximate surface area is 114 Å². The highest BCUT2D eigenvalue weighted by molar-refractivity contribution is 9.10. The standard InChI is InChI=1S/C12H14BrN5/c1-9-2-3-12(16-15-9)17-5-4-11(8-17)18-7-10(13)6-14-18/h2-3,6-7,11H,4-5,8H2,1H3. The fourth-order valence-electron chi connectivity index (χ4n) is 2.24. The van der Waals surface area contributed by atoms with Crippen LogP contribution in [-0.4, -0.2) is 33.1 Å². The van der Waals surface area contributed by atoms with Gasteiger partial charge in [0.1, 0.15) is 0 Å². The summed E-state index contributed by atoms with van der Waals surface area (Å²) < 4.78 is 3.04. The number of aromatic nitrogens is 4. The predicted molar refractivity (Wildman–Crippen MR) is 72.6 cm³/mol. The minimum Gasteiger partial charge on any atom is -0.353 e. The predicted octanol–water partition coefficient (Wildman–Crippen LogP) is 2.20. The molecule has 1 aliphatic rings. The van der Waals surface area contributed by atoms with Crippen LogP contribution in [0.15, 0.2) is 29.0 Å². The van der Waals surface area contributed by atoms with Crippen LogP contribution in [-0.2, 0) is 0 Å². The van der Waals surface area contributed by atoms with E-state index in [0.717, 1.165) is 35.5 Å². The Morgan fingerprint density at radius 2 is 2.22 bits per heavy atom. The van der Waals surface area contributed by atoms with E-state index in [1.54, 1.807) is 0 Å². The Balaban J connectivity index is 1.73. The zero-order valence-corrected chi connectivity index (χ0v) is 11.7. The molecule has 5 nitrogen and oxygen atoms in total. The number of nitrogens with zero attached hydrogens (tertiary/aromatic N) is 5. The summed E-state index contributed by atoms with van der Waals surface area (Å²) in [5.41, 5.74) is 0.950. The lowest BCUT2D eigenvalue weighted by Crippen LogP contribution is -2.22. The third-order valence-electron chi connectivity index (χ3n) is 3.22. The first-order valence-corrected chi connectivity index (χ1v) is 6.76. The number of hydrogen-bond donors (Lipinski definition) is 0. The lowest BCUT2D eigenvalue weighted by atomic mass is 10.3. The van der Waals surface area contributed by atoms with E-state index in [2.05, 4.69) is 36.1 Å². The second-order valence-electron chi connectivity index (χ2n) is 4.56. The molecular formula is C12H14BrN5. The van der Waals surface area contributed by atoms with Crippen LogP contribution in [0.5, 0.6) is 0 Å². The van der Waals surface area contributed by atoms with E-state index in [4.69, 9.17) is 0 Å². The molecule has 0 aliphatic carbocycles. The van der Waals surface area contributed by atoms with E-state index in [1.807, 2.05) is 36.1 Å². The highest BCUT2D eigenvalue weighted by atomic mass is 79.9. The number of halogens is 1. The SMILES string of the molecule is Cc1ccc(N2CCC(n3cc(Br)cn3)C2)nn1. The van der Waals surface area contributed by atoms with Gasteiger partial charge >= 0.3 is 0 Å². The van der Waals surface area contributed by atoms with Crippen LogP contribution in [0.3, 0.4) is 0 Å². The summed E-state index contributed by atoms with van der Waals surface area (Å²) >= 11 is 3.43. The van der Waals surface area contributed by atoms with Gasteiger partial charge in [-0.1, -0.05) is 0 Å². The van der Waals surface area contributed by atoms with Crippen molar-refractivity contribution in [2.24, 2.45) is 0 Å². The van der Waals surface area contributed by atoms with Crippen molar-refractivity contribution < 1.29 is 0 Å². The Kier molecular flexibility index (Phi) is 3.03. The van der Waals surface area contributed by atoms with Crippen LogP contribution in [0.4, 0.5) is 5.82 Å². The zero-order valence-electron chi connectivity index (χ0n) is 10.1. The Morgan fingerprint density at radius 1 is 1.33 bits per heavy atom. The zero-order chi connectivity index (χ0) is 12.5. The molecule has 3 rings (SSSR count). The first-order valence-electron chi connectivity index (χ1n) is 5.97. The smallest absolute Gasteiger partial charge is 0.151 e. The summed E-state index contributed by atoms with van der Waals surface area (Å²) in [5, 5.41) is 12.7. The molecule has 1 aliphatic heterocycles. The second kappa shape index (κ2) is 4.68. The van der Waals surface area contributed by atoms with E-state index >= 15 is 0 Å². The molecule has 2 aromatic rings. The number of anilines is 1.